The highest BCUT2D eigenvalue weighted by molar-refractivity contribution is 7.89. The van der Waals surface area contributed by atoms with E-state index in [0.29, 0.717) is 12.1 Å². The average molecular weight is 261 g/mol. The van der Waals surface area contributed by atoms with Crippen molar-refractivity contribution >= 4 is 16.0 Å². The molecule has 7 nitrogen and oxygen atoms in total. The Morgan fingerprint density at radius 1 is 1.41 bits per heavy atom. The molecule has 1 aromatic heterocycles. The van der Waals surface area contributed by atoms with Crippen LogP contribution in [0.1, 0.15) is 28.7 Å². The number of rotatable bonds is 4. The molecule has 1 aromatic rings. The van der Waals surface area contributed by atoms with Crippen LogP contribution in [-0.4, -0.2) is 24.1 Å². The molecule has 0 aliphatic rings. The van der Waals surface area contributed by atoms with Gasteiger partial charge in [-0.05, 0) is 6.42 Å². The summed E-state index contributed by atoms with van der Waals surface area (Å²) in [5.41, 5.74) is 5.77. The van der Waals surface area contributed by atoms with Crippen molar-refractivity contribution in [2.75, 3.05) is 0 Å². The Kier molecular flexibility index (Phi) is 3.60. The van der Waals surface area contributed by atoms with E-state index in [0.717, 1.165) is 0 Å². The van der Waals surface area contributed by atoms with Crippen molar-refractivity contribution in [3.8, 4) is 0 Å². The first-order valence-electron chi connectivity index (χ1n) is 4.92. The Bertz CT molecular complexity index is 559. The average Bonchev–Trinajstić information content (AvgIpc) is 2.49. The maximum atomic E-state index is 11.5. The van der Waals surface area contributed by atoms with E-state index in [1.807, 2.05) is 0 Å². The summed E-state index contributed by atoms with van der Waals surface area (Å²) in [5.74, 6) is -1.32. The maximum absolute atomic E-state index is 11.5. The molecule has 0 unspecified atom stereocenters. The smallest absolute Gasteiger partial charge is 0.338 e. The van der Waals surface area contributed by atoms with Gasteiger partial charge in [-0.15, -0.1) is 0 Å². The van der Waals surface area contributed by atoms with Crippen LogP contribution in [0.5, 0.6) is 0 Å². The largest absolute Gasteiger partial charge is 0.478 e. The molecule has 0 saturated carbocycles. The molecule has 0 amide bonds. The zero-order valence-corrected chi connectivity index (χ0v) is 10.4. The maximum Gasteiger partial charge on any atom is 0.338 e. The van der Waals surface area contributed by atoms with Crippen molar-refractivity contribution in [1.82, 2.24) is 4.57 Å². The van der Waals surface area contributed by atoms with Crippen molar-refractivity contribution < 1.29 is 18.3 Å². The molecule has 8 heteroatoms. The van der Waals surface area contributed by atoms with Gasteiger partial charge in [0.2, 0.25) is 10.0 Å². The number of nitrogens with zero attached hydrogens (tertiary/aromatic N) is 1. The summed E-state index contributed by atoms with van der Waals surface area (Å²) in [6.45, 7) is 1.64. The van der Waals surface area contributed by atoms with Gasteiger partial charge in [-0.3, -0.25) is 0 Å². The Balaban J connectivity index is 3.84. The van der Waals surface area contributed by atoms with Crippen LogP contribution < -0.4 is 10.9 Å². The molecule has 0 bridgehead atoms. The molecule has 1 rings (SSSR count). The van der Waals surface area contributed by atoms with Crippen molar-refractivity contribution in [3.63, 3.8) is 0 Å². The topological polar surface area (TPSA) is 128 Å². The predicted octanol–water partition coefficient (Wildman–Crippen LogP) is -0.608. The van der Waals surface area contributed by atoms with Crippen LogP contribution in [0.2, 0.25) is 0 Å². The van der Waals surface area contributed by atoms with E-state index in [1.54, 1.807) is 14.0 Å². The molecule has 0 aliphatic carbocycles. The zero-order chi connectivity index (χ0) is 13.4. The van der Waals surface area contributed by atoms with E-state index in [2.05, 4.69) is 0 Å². The normalized spacial score (nSPS) is 11.8. The second-order valence-electron chi connectivity index (χ2n) is 3.56. The van der Waals surface area contributed by atoms with Gasteiger partial charge in [0.15, 0.2) is 0 Å². The Morgan fingerprint density at radius 2 is 1.94 bits per heavy atom. The van der Waals surface area contributed by atoms with Crippen molar-refractivity contribution in [1.29, 1.82) is 0 Å². The van der Waals surface area contributed by atoms with E-state index in [1.165, 1.54) is 4.57 Å². The fourth-order valence-corrected chi connectivity index (χ4v) is 2.97. The lowest BCUT2D eigenvalue weighted by atomic mass is 10.2. The molecule has 0 fully saturated rings. The van der Waals surface area contributed by atoms with E-state index >= 15 is 0 Å². The van der Waals surface area contributed by atoms with Gasteiger partial charge in [0.1, 0.15) is 10.5 Å². The molecule has 0 aromatic carbocycles. The minimum Gasteiger partial charge on any atom is -0.478 e. The van der Waals surface area contributed by atoms with E-state index in [-0.39, 0.29) is 22.7 Å². The third kappa shape index (κ3) is 2.19. The van der Waals surface area contributed by atoms with Gasteiger partial charge in [-0.2, -0.15) is 0 Å². The Morgan fingerprint density at radius 3 is 2.24 bits per heavy atom. The summed E-state index contributed by atoms with van der Waals surface area (Å²) in [5, 5.41) is 14.1. The lowest BCUT2D eigenvalue weighted by Gasteiger charge is -2.04. The lowest BCUT2D eigenvalue weighted by Crippen LogP contribution is -2.18. The van der Waals surface area contributed by atoms with Crippen LogP contribution in [-0.2, 0) is 30.0 Å². The van der Waals surface area contributed by atoms with Crippen LogP contribution in [0.3, 0.4) is 0 Å². The zero-order valence-electron chi connectivity index (χ0n) is 9.60. The van der Waals surface area contributed by atoms with E-state index in [9.17, 15) is 13.2 Å². The van der Waals surface area contributed by atoms with Crippen molar-refractivity contribution in [2.24, 2.45) is 17.9 Å². The highest BCUT2D eigenvalue weighted by Crippen LogP contribution is 2.26. The number of primary sulfonamides is 1. The van der Waals surface area contributed by atoms with Crippen LogP contribution in [0.15, 0.2) is 4.90 Å². The van der Waals surface area contributed by atoms with Crippen molar-refractivity contribution in [3.05, 3.63) is 17.0 Å². The fraction of sp³-hybridized carbons (Fsp3) is 0.444. The SMILES string of the molecule is CCc1c(C(=O)O)c(S(N)(=O)=O)c(CN)n1C. The summed E-state index contributed by atoms with van der Waals surface area (Å²) in [6.07, 6.45) is 0.376. The number of sulfonamides is 1. The number of nitrogens with two attached hydrogens (primary N) is 2. The standard InChI is InChI=1S/C9H15N3O4S/c1-3-5-7(9(13)14)8(17(11,15)16)6(4-10)12(5)2/h3-4,10H2,1-2H3,(H,13,14)(H2,11,15,16). The van der Waals surface area contributed by atoms with Crippen LogP contribution in [0, 0.1) is 0 Å². The minimum atomic E-state index is -4.11. The number of aromatic carboxylic acids is 1. The number of carbonyl (C=O) groups is 1. The second kappa shape index (κ2) is 4.47. The molecule has 0 spiro atoms. The van der Waals surface area contributed by atoms with Gasteiger partial charge in [0.25, 0.3) is 0 Å². The van der Waals surface area contributed by atoms with Crippen LogP contribution in [0.4, 0.5) is 0 Å². The number of hydrogen-bond acceptors (Lipinski definition) is 4. The molecule has 0 aliphatic heterocycles. The number of aromatic nitrogens is 1. The molecular weight excluding hydrogens is 246 g/mol. The van der Waals surface area contributed by atoms with Gasteiger partial charge in [0, 0.05) is 19.3 Å². The molecular formula is C9H15N3O4S. The summed E-state index contributed by atoms with van der Waals surface area (Å²) in [7, 11) is -2.54. The third-order valence-electron chi connectivity index (χ3n) is 2.61. The monoisotopic (exact) mass is 261 g/mol. The number of carboxylic acids is 1. The van der Waals surface area contributed by atoms with E-state index in [4.69, 9.17) is 16.0 Å². The highest BCUT2D eigenvalue weighted by Gasteiger charge is 2.30. The summed E-state index contributed by atoms with van der Waals surface area (Å²) in [4.78, 5) is 10.8. The van der Waals surface area contributed by atoms with E-state index < -0.39 is 16.0 Å². The molecule has 0 saturated heterocycles. The highest BCUT2D eigenvalue weighted by atomic mass is 32.2. The quantitative estimate of drug-likeness (QED) is 0.666. The molecule has 5 N–H and O–H groups in total. The molecule has 0 radical (unpaired) electrons. The number of hydrogen-bond donors (Lipinski definition) is 3. The lowest BCUT2D eigenvalue weighted by molar-refractivity contribution is 0.0691. The summed E-state index contributed by atoms with van der Waals surface area (Å²) < 4.78 is 24.4. The number of carboxylic acid groups (broad SMARTS) is 1. The Hall–Kier alpha value is -1.38. The first-order valence-corrected chi connectivity index (χ1v) is 6.46. The molecule has 0 atom stereocenters. The third-order valence-corrected chi connectivity index (χ3v) is 3.62. The fourth-order valence-electron chi connectivity index (χ4n) is 1.93. The predicted molar refractivity (Wildman–Crippen MR) is 61.0 cm³/mol. The van der Waals surface area contributed by atoms with Gasteiger partial charge in [-0.1, -0.05) is 6.92 Å². The van der Waals surface area contributed by atoms with Crippen molar-refractivity contribution in [2.45, 2.75) is 24.8 Å². The second-order valence-corrected chi connectivity index (χ2v) is 5.06. The van der Waals surface area contributed by atoms with Gasteiger partial charge < -0.3 is 15.4 Å². The Labute approximate surface area is 99.1 Å². The van der Waals surface area contributed by atoms with Crippen LogP contribution >= 0.6 is 0 Å². The summed E-state index contributed by atoms with van der Waals surface area (Å²) >= 11 is 0. The summed E-state index contributed by atoms with van der Waals surface area (Å²) in [6, 6.07) is 0. The van der Waals surface area contributed by atoms with Gasteiger partial charge in [0.05, 0.1) is 5.69 Å². The first-order chi connectivity index (χ1) is 7.75. The molecule has 1 heterocycles. The van der Waals surface area contributed by atoms with Gasteiger partial charge >= 0.3 is 5.97 Å². The molecule has 17 heavy (non-hydrogen) atoms. The van der Waals surface area contributed by atoms with Gasteiger partial charge in [-0.25, -0.2) is 18.4 Å². The minimum absolute atomic E-state index is 0.0947. The van der Waals surface area contributed by atoms with Crippen LogP contribution in [0.25, 0.3) is 0 Å². The molecule has 96 valence electrons. The first kappa shape index (κ1) is 13.7.